The molecule has 0 saturated heterocycles. The highest BCUT2D eigenvalue weighted by Crippen LogP contribution is 2.19. The molecule has 0 heterocycles. The molecular weight excluding hydrogens is 913 g/mol. The monoisotopic (exact) mass is 1050 g/mol. The molecule has 440 valence electrons. The lowest BCUT2D eigenvalue weighted by Crippen LogP contribution is -2.30. The van der Waals surface area contributed by atoms with Crippen LogP contribution in [-0.2, 0) is 28.6 Å². The number of unbranched alkanes of at least 4 members (excludes halogenated alkanes) is 53. The van der Waals surface area contributed by atoms with Gasteiger partial charge in [-0.15, -0.1) is 0 Å². The van der Waals surface area contributed by atoms with Crippen LogP contribution in [0.1, 0.15) is 400 Å². The van der Waals surface area contributed by atoms with Crippen LogP contribution in [0.3, 0.4) is 0 Å². The lowest BCUT2D eigenvalue weighted by molar-refractivity contribution is -0.167. The number of hydrogen-bond donors (Lipinski definition) is 0. The second-order valence-electron chi connectivity index (χ2n) is 23.5. The maximum atomic E-state index is 12.9. The molecule has 6 nitrogen and oxygen atoms in total. The second-order valence-corrected chi connectivity index (χ2v) is 23.5. The van der Waals surface area contributed by atoms with E-state index in [4.69, 9.17) is 14.2 Å². The molecule has 1 unspecified atom stereocenters. The van der Waals surface area contributed by atoms with E-state index in [2.05, 4.69) is 20.8 Å². The fourth-order valence-electron chi connectivity index (χ4n) is 10.7. The van der Waals surface area contributed by atoms with Gasteiger partial charge in [-0.3, -0.25) is 14.4 Å². The first-order chi connectivity index (χ1) is 36.5. The maximum Gasteiger partial charge on any atom is 0.306 e. The van der Waals surface area contributed by atoms with Gasteiger partial charge in [-0.25, -0.2) is 0 Å². The molecule has 0 aromatic heterocycles. The number of hydrogen-bond acceptors (Lipinski definition) is 6. The molecule has 0 radical (unpaired) electrons. The largest absolute Gasteiger partial charge is 0.462 e. The lowest BCUT2D eigenvalue weighted by atomic mass is 10.0. The normalized spacial score (nSPS) is 11.9. The Labute approximate surface area is 463 Å². The first kappa shape index (κ1) is 72.4. The fraction of sp³-hybridized carbons (Fsp3) is 0.956. The van der Waals surface area contributed by atoms with Crippen molar-refractivity contribution in [2.45, 2.75) is 406 Å². The third-order valence-corrected chi connectivity index (χ3v) is 15.9. The molecule has 0 aromatic carbocycles. The minimum Gasteiger partial charge on any atom is -0.462 e. The predicted octanol–water partition coefficient (Wildman–Crippen LogP) is 23.1. The zero-order valence-electron chi connectivity index (χ0n) is 50.7. The summed E-state index contributed by atoms with van der Waals surface area (Å²) in [6, 6.07) is 0. The molecule has 0 bridgehead atoms. The van der Waals surface area contributed by atoms with E-state index in [-0.39, 0.29) is 31.1 Å². The third kappa shape index (κ3) is 61.3. The van der Waals surface area contributed by atoms with Crippen molar-refractivity contribution < 1.29 is 28.6 Å². The number of carbonyl (C=O) groups is 3. The highest BCUT2D eigenvalue weighted by Gasteiger charge is 2.19. The van der Waals surface area contributed by atoms with Crippen LogP contribution in [0.15, 0.2) is 0 Å². The van der Waals surface area contributed by atoms with Crippen molar-refractivity contribution in [2.24, 2.45) is 0 Å². The summed E-state index contributed by atoms with van der Waals surface area (Å²) in [5, 5.41) is 0. The van der Waals surface area contributed by atoms with Crippen LogP contribution in [0, 0.1) is 0 Å². The van der Waals surface area contributed by atoms with Gasteiger partial charge in [-0.1, -0.05) is 361 Å². The summed E-state index contributed by atoms with van der Waals surface area (Å²) >= 11 is 0. The van der Waals surface area contributed by atoms with Gasteiger partial charge in [-0.05, 0) is 19.3 Å². The maximum absolute atomic E-state index is 12.9. The van der Waals surface area contributed by atoms with Crippen molar-refractivity contribution in [1.82, 2.24) is 0 Å². The molecule has 0 aliphatic carbocycles. The quantitative estimate of drug-likeness (QED) is 0.0343. The van der Waals surface area contributed by atoms with E-state index < -0.39 is 6.10 Å². The van der Waals surface area contributed by atoms with Crippen LogP contribution < -0.4 is 0 Å². The van der Waals surface area contributed by atoms with Gasteiger partial charge in [0.1, 0.15) is 13.2 Å². The summed E-state index contributed by atoms with van der Waals surface area (Å²) in [7, 11) is 0. The van der Waals surface area contributed by atoms with Gasteiger partial charge in [0.2, 0.25) is 0 Å². The summed E-state index contributed by atoms with van der Waals surface area (Å²) in [5.41, 5.74) is 0. The number of rotatable bonds is 64. The molecular formula is C68H132O6. The topological polar surface area (TPSA) is 78.9 Å². The van der Waals surface area contributed by atoms with Crippen molar-refractivity contribution in [3.63, 3.8) is 0 Å². The average Bonchev–Trinajstić information content (AvgIpc) is 3.40. The van der Waals surface area contributed by atoms with Gasteiger partial charge in [0.15, 0.2) is 6.10 Å². The van der Waals surface area contributed by atoms with Gasteiger partial charge in [0.05, 0.1) is 0 Å². The molecule has 0 amide bonds. The van der Waals surface area contributed by atoms with E-state index in [1.54, 1.807) is 0 Å². The fourth-order valence-corrected chi connectivity index (χ4v) is 10.7. The zero-order valence-corrected chi connectivity index (χ0v) is 50.7. The van der Waals surface area contributed by atoms with E-state index >= 15 is 0 Å². The Bertz CT molecular complexity index is 1110. The van der Waals surface area contributed by atoms with Crippen molar-refractivity contribution in [2.75, 3.05) is 13.2 Å². The van der Waals surface area contributed by atoms with Crippen LogP contribution in [0.4, 0.5) is 0 Å². The van der Waals surface area contributed by atoms with Gasteiger partial charge >= 0.3 is 17.9 Å². The van der Waals surface area contributed by atoms with Gasteiger partial charge in [0.25, 0.3) is 0 Å². The Kier molecular flexibility index (Phi) is 62.6. The standard InChI is InChI=1S/C68H132O6/c1-4-7-10-13-16-19-22-25-28-31-34-35-38-40-43-46-49-52-55-58-61-67(70)73-64-65(74-68(71)62-59-56-53-50-47-44-41-37-33-30-27-24-21-18-15-12-9-6-3)63-72-66(69)60-57-54-51-48-45-42-39-36-32-29-26-23-20-17-14-11-8-5-2/h65H,4-64H2,1-3H3. The van der Waals surface area contributed by atoms with Gasteiger partial charge in [0, 0.05) is 19.3 Å². The molecule has 0 fully saturated rings. The molecule has 6 heteroatoms. The van der Waals surface area contributed by atoms with E-state index in [1.807, 2.05) is 0 Å². The van der Waals surface area contributed by atoms with Crippen LogP contribution in [0.2, 0.25) is 0 Å². The third-order valence-electron chi connectivity index (χ3n) is 15.9. The highest BCUT2D eigenvalue weighted by atomic mass is 16.6. The molecule has 74 heavy (non-hydrogen) atoms. The second kappa shape index (κ2) is 63.9. The minimum atomic E-state index is -0.763. The van der Waals surface area contributed by atoms with Crippen LogP contribution in [-0.4, -0.2) is 37.2 Å². The summed E-state index contributed by atoms with van der Waals surface area (Å²) in [4.78, 5) is 38.4. The SMILES string of the molecule is CCCCCCCCCCCCCCCCCCCCCCC(=O)OCC(COC(=O)CCCCCCCCCCCCCCCCCCCC)OC(=O)CCCCCCCCCCCCCCCCCCCC. The van der Waals surface area contributed by atoms with Crippen LogP contribution >= 0.6 is 0 Å². The highest BCUT2D eigenvalue weighted by molar-refractivity contribution is 5.71. The molecule has 0 aliphatic rings. The number of carbonyl (C=O) groups excluding carboxylic acids is 3. The Hall–Kier alpha value is -1.59. The summed E-state index contributed by atoms with van der Waals surface area (Å²) < 4.78 is 17.0. The van der Waals surface area contributed by atoms with E-state index in [0.717, 1.165) is 57.8 Å². The first-order valence-corrected chi connectivity index (χ1v) is 34.0. The lowest BCUT2D eigenvalue weighted by Gasteiger charge is -2.18. The average molecular weight is 1050 g/mol. The zero-order chi connectivity index (χ0) is 53.6. The van der Waals surface area contributed by atoms with Crippen LogP contribution in [0.5, 0.6) is 0 Å². The Morgan fingerprint density at radius 1 is 0.216 bits per heavy atom. The van der Waals surface area contributed by atoms with E-state index in [0.29, 0.717) is 19.3 Å². The minimum absolute atomic E-state index is 0.0602. The number of esters is 3. The first-order valence-electron chi connectivity index (χ1n) is 34.0. The molecule has 0 rings (SSSR count). The smallest absolute Gasteiger partial charge is 0.306 e. The summed E-state index contributed by atoms with van der Waals surface area (Å²) in [6.07, 6.45) is 74.0. The summed E-state index contributed by atoms with van der Waals surface area (Å²) in [6.45, 7) is 6.74. The molecule has 0 aliphatic heterocycles. The molecule has 0 aromatic rings. The number of ether oxygens (including phenoxy) is 3. The Morgan fingerprint density at radius 2 is 0.365 bits per heavy atom. The van der Waals surface area contributed by atoms with Gasteiger partial charge in [-0.2, -0.15) is 0 Å². The molecule has 1 atom stereocenters. The molecule has 0 spiro atoms. The van der Waals surface area contributed by atoms with Crippen molar-refractivity contribution in [1.29, 1.82) is 0 Å². The van der Waals surface area contributed by atoms with Crippen molar-refractivity contribution in [3.05, 3.63) is 0 Å². The predicted molar refractivity (Wildman–Crippen MR) is 321 cm³/mol. The summed E-state index contributed by atoms with van der Waals surface area (Å²) in [5.74, 6) is -0.819. The van der Waals surface area contributed by atoms with Crippen molar-refractivity contribution >= 4 is 17.9 Å². The molecule has 0 N–H and O–H groups in total. The Morgan fingerprint density at radius 3 is 0.541 bits per heavy atom. The van der Waals surface area contributed by atoms with E-state index in [9.17, 15) is 14.4 Å². The van der Waals surface area contributed by atoms with Crippen LogP contribution in [0.25, 0.3) is 0 Å². The van der Waals surface area contributed by atoms with Gasteiger partial charge < -0.3 is 14.2 Å². The Balaban J connectivity index is 4.27. The van der Waals surface area contributed by atoms with E-state index in [1.165, 1.54) is 302 Å². The molecule has 0 saturated carbocycles. The van der Waals surface area contributed by atoms with Crippen molar-refractivity contribution in [3.8, 4) is 0 Å².